The van der Waals surface area contributed by atoms with Gasteiger partial charge in [0.2, 0.25) is 0 Å². The number of rotatable bonds is 6. The van der Waals surface area contributed by atoms with E-state index in [0.717, 1.165) is 6.07 Å². The van der Waals surface area contributed by atoms with Gasteiger partial charge in [-0.1, -0.05) is 6.07 Å². The molecule has 30 heavy (non-hydrogen) atoms. The first-order chi connectivity index (χ1) is 14.2. The second-order valence-electron chi connectivity index (χ2n) is 6.48. The SMILES string of the molecule is C/C(N)=C(\C)C(=N)C(=O)Nc1cnc2[nH]c(-c3cccc(F)c3OC(F)F)cc2c1. The van der Waals surface area contributed by atoms with E-state index in [0.29, 0.717) is 33.7 Å². The molecule has 156 valence electrons. The summed E-state index contributed by atoms with van der Waals surface area (Å²) >= 11 is 0. The van der Waals surface area contributed by atoms with Gasteiger partial charge in [0, 0.05) is 16.6 Å². The minimum absolute atomic E-state index is 0.0971. The van der Waals surface area contributed by atoms with Crippen LogP contribution in [0.1, 0.15) is 13.8 Å². The number of aromatic nitrogens is 2. The summed E-state index contributed by atoms with van der Waals surface area (Å²) in [5.74, 6) is -2.17. The molecule has 0 bridgehead atoms. The zero-order valence-electron chi connectivity index (χ0n) is 16.0. The number of carbonyl (C=O) groups is 1. The third-order valence-corrected chi connectivity index (χ3v) is 4.39. The number of anilines is 1. The minimum atomic E-state index is -3.19. The molecule has 0 aliphatic carbocycles. The Morgan fingerprint density at radius 3 is 2.70 bits per heavy atom. The Morgan fingerprint density at radius 1 is 1.30 bits per heavy atom. The first-order valence-corrected chi connectivity index (χ1v) is 8.73. The summed E-state index contributed by atoms with van der Waals surface area (Å²) in [6.45, 7) is -0.0328. The Morgan fingerprint density at radius 2 is 2.03 bits per heavy atom. The van der Waals surface area contributed by atoms with Crippen LogP contribution in [-0.2, 0) is 4.79 Å². The van der Waals surface area contributed by atoms with Crippen LogP contribution in [0.2, 0.25) is 0 Å². The summed E-state index contributed by atoms with van der Waals surface area (Å²) in [6.07, 6.45) is 1.37. The first-order valence-electron chi connectivity index (χ1n) is 8.73. The molecule has 0 unspecified atom stereocenters. The third kappa shape index (κ3) is 4.27. The van der Waals surface area contributed by atoms with Crippen molar-refractivity contribution < 1.29 is 22.7 Å². The summed E-state index contributed by atoms with van der Waals surface area (Å²) in [5.41, 5.74) is 7.15. The van der Waals surface area contributed by atoms with Crippen LogP contribution in [0.3, 0.4) is 0 Å². The maximum absolute atomic E-state index is 14.0. The number of fused-ring (bicyclic) bond motifs is 1. The monoisotopic (exact) mass is 417 g/mol. The average molecular weight is 417 g/mol. The number of aromatic amines is 1. The molecule has 5 N–H and O–H groups in total. The number of benzene rings is 1. The fourth-order valence-electron chi connectivity index (χ4n) is 2.72. The summed E-state index contributed by atoms with van der Waals surface area (Å²) in [4.78, 5) is 19.3. The van der Waals surface area contributed by atoms with Gasteiger partial charge in [0.05, 0.1) is 17.6 Å². The number of ether oxygens (including phenoxy) is 1. The predicted molar refractivity (Wildman–Crippen MR) is 107 cm³/mol. The minimum Gasteiger partial charge on any atom is -0.431 e. The Kier molecular flexibility index (Phi) is 5.77. The number of hydrogen-bond donors (Lipinski definition) is 4. The van der Waals surface area contributed by atoms with Crippen molar-refractivity contribution in [3.05, 3.63) is 53.6 Å². The van der Waals surface area contributed by atoms with Crippen LogP contribution in [0.15, 0.2) is 47.8 Å². The molecule has 0 atom stereocenters. The summed E-state index contributed by atoms with van der Waals surface area (Å²) in [5, 5.41) is 11.0. The smallest absolute Gasteiger partial charge is 0.387 e. The van der Waals surface area contributed by atoms with Gasteiger partial charge in [-0.2, -0.15) is 8.78 Å². The van der Waals surface area contributed by atoms with Gasteiger partial charge in [-0.15, -0.1) is 0 Å². The molecule has 1 aromatic carbocycles. The highest BCUT2D eigenvalue weighted by molar-refractivity contribution is 6.47. The molecule has 0 spiro atoms. The quantitative estimate of drug-likeness (QED) is 0.450. The second-order valence-corrected chi connectivity index (χ2v) is 6.48. The van der Waals surface area contributed by atoms with E-state index in [4.69, 9.17) is 11.1 Å². The molecule has 2 heterocycles. The van der Waals surface area contributed by atoms with Crippen molar-refractivity contribution in [1.82, 2.24) is 9.97 Å². The Labute approximate surface area is 169 Å². The molecule has 0 saturated carbocycles. The number of halogens is 3. The Bertz CT molecular complexity index is 1170. The van der Waals surface area contributed by atoms with E-state index in [1.807, 2.05) is 0 Å². The fraction of sp³-hybridized carbons (Fsp3) is 0.150. The average Bonchev–Trinajstić information content (AvgIpc) is 3.11. The maximum Gasteiger partial charge on any atom is 0.387 e. The van der Waals surface area contributed by atoms with Crippen molar-refractivity contribution in [2.75, 3.05) is 5.32 Å². The van der Waals surface area contributed by atoms with Gasteiger partial charge in [-0.25, -0.2) is 9.37 Å². The number of allylic oxidation sites excluding steroid dienone is 1. The van der Waals surface area contributed by atoms with Gasteiger partial charge in [0.25, 0.3) is 5.91 Å². The lowest BCUT2D eigenvalue weighted by atomic mass is 10.1. The van der Waals surface area contributed by atoms with Crippen LogP contribution in [0.4, 0.5) is 18.9 Å². The standard InChI is InChI=1S/C20H18F3N5O2/c1-9(10(2)24)16(25)19(29)27-12-6-11-7-15(28-18(11)26-8-12)13-4-3-5-14(21)17(13)30-20(22)23/h3-8,20,25H,24H2,1-2H3,(H,26,28)(H,27,29)/b10-9-,25-16?. The third-order valence-electron chi connectivity index (χ3n) is 4.39. The van der Waals surface area contributed by atoms with E-state index in [1.54, 1.807) is 26.0 Å². The normalized spacial score (nSPS) is 12.1. The molecule has 7 nitrogen and oxygen atoms in total. The lowest BCUT2D eigenvalue weighted by Crippen LogP contribution is -2.24. The fourth-order valence-corrected chi connectivity index (χ4v) is 2.72. The molecule has 0 aliphatic heterocycles. The van der Waals surface area contributed by atoms with E-state index < -0.39 is 24.1 Å². The summed E-state index contributed by atoms with van der Waals surface area (Å²) in [6, 6.07) is 6.96. The van der Waals surface area contributed by atoms with Crippen LogP contribution in [0.5, 0.6) is 5.75 Å². The number of alkyl halides is 2. The van der Waals surface area contributed by atoms with Crippen LogP contribution in [0.25, 0.3) is 22.3 Å². The van der Waals surface area contributed by atoms with Crippen LogP contribution in [0, 0.1) is 11.2 Å². The molecular weight excluding hydrogens is 399 g/mol. The number of hydrogen-bond acceptors (Lipinski definition) is 5. The molecule has 0 fully saturated rings. The Hall–Kier alpha value is -3.82. The van der Waals surface area contributed by atoms with E-state index in [2.05, 4.69) is 20.0 Å². The maximum atomic E-state index is 14.0. The van der Waals surface area contributed by atoms with Crippen molar-refractivity contribution in [3.63, 3.8) is 0 Å². The molecule has 10 heteroatoms. The van der Waals surface area contributed by atoms with Crippen LogP contribution < -0.4 is 15.8 Å². The van der Waals surface area contributed by atoms with Crippen molar-refractivity contribution in [2.24, 2.45) is 5.73 Å². The number of nitrogens with two attached hydrogens (primary N) is 1. The highest BCUT2D eigenvalue weighted by atomic mass is 19.3. The number of carbonyl (C=O) groups excluding carboxylic acids is 1. The summed E-state index contributed by atoms with van der Waals surface area (Å²) in [7, 11) is 0. The van der Waals surface area contributed by atoms with Gasteiger partial charge in [-0.3, -0.25) is 10.2 Å². The van der Waals surface area contributed by atoms with E-state index in [-0.39, 0.29) is 11.3 Å². The molecule has 0 radical (unpaired) electrons. The van der Waals surface area contributed by atoms with E-state index in [1.165, 1.54) is 18.3 Å². The number of pyridine rings is 1. The van der Waals surface area contributed by atoms with Crippen molar-refractivity contribution in [3.8, 4) is 17.0 Å². The number of para-hydroxylation sites is 1. The van der Waals surface area contributed by atoms with Crippen LogP contribution >= 0.6 is 0 Å². The lowest BCUT2D eigenvalue weighted by Gasteiger charge is -2.10. The molecule has 3 aromatic rings. The second kappa shape index (κ2) is 8.27. The number of nitrogens with one attached hydrogen (secondary N) is 3. The lowest BCUT2D eigenvalue weighted by molar-refractivity contribution is -0.110. The molecule has 0 saturated heterocycles. The summed E-state index contributed by atoms with van der Waals surface area (Å²) < 4.78 is 43.6. The van der Waals surface area contributed by atoms with Gasteiger partial charge in [-0.05, 0) is 43.7 Å². The topological polar surface area (TPSA) is 117 Å². The van der Waals surface area contributed by atoms with Gasteiger partial charge in [0.1, 0.15) is 11.4 Å². The molecule has 0 aliphatic rings. The first kappa shape index (κ1) is 20.9. The van der Waals surface area contributed by atoms with Crippen molar-refractivity contribution >= 4 is 28.3 Å². The van der Waals surface area contributed by atoms with Gasteiger partial charge >= 0.3 is 6.61 Å². The largest absolute Gasteiger partial charge is 0.431 e. The van der Waals surface area contributed by atoms with Crippen molar-refractivity contribution in [2.45, 2.75) is 20.5 Å². The Balaban J connectivity index is 1.93. The molecule has 2 aromatic heterocycles. The number of amides is 1. The number of nitrogens with zero attached hydrogens (tertiary/aromatic N) is 1. The highest BCUT2D eigenvalue weighted by Crippen LogP contribution is 2.34. The number of H-pyrrole nitrogens is 1. The van der Waals surface area contributed by atoms with E-state index in [9.17, 15) is 18.0 Å². The van der Waals surface area contributed by atoms with Crippen LogP contribution in [-0.4, -0.2) is 28.2 Å². The van der Waals surface area contributed by atoms with Crippen molar-refractivity contribution in [1.29, 1.82) is 5.41 Å². The zero-order valence-corrected chi connectivity index (χ0v) is 16.0. The highest BCUT2D eigenvalue weighted by Gasteiger charge is 2.18. The van der Waals surface area contributed by atoms with Gasteiger partial charge in [0.15, 0.2) is 11.6 Å². The van der Waals surface area contributed by atoms with Gasteiger partial charge < -0.3 is 20.8 Å². The van der Waals surface area contributed by atoms with E-state index >= 15 is 0 Å². The predicted octanol–water partition coefficient (Wildman–Crippen LogP) is 4.18. The molecular formula is C20H18F3N5O2. The molecule has 1 amide bonds. The molecule has 3 rings (SSSR count). The zero-order chi connectivity index (χ0) is 22.0.